The SMILES string of the molecule is C=C(C)Cn1c(SCC(=O)[C@@H]2CC(=O)OC23CCCCC3)nc2sc3c(c2c1=O)CCc1ccccc1-3. The van der Waals surface area contributed by atoms with Crippen LogP contribution in [0.2, 0.25) is 0 Å². The van der Waals surface area contributed by atoms with Gasteiger partial charge in [0.2, 0.25) is 0 Å². The maximum atomic E-state index is 13.8. The highest BCUT2D eigenvalue weighted by molar-refractivity contribution is 7.99. The molecule has 192 valence electrons. The molecule has 37 heavy (non-hydrogen) atoms. The van der Waals surface area contributed by atoms with Crippen molar-refractivity contribution in [3.8, 4) is 10.4 Å². The summed E-state index contributed by atoms with van der Waals surface area (Å²) in [5, 5.41) is 1.23. The van der Waals surface area contributed by atoms with Crippen LogP contribution in [0.1, 0.15) is 56.6 Å². The summed E-state index contributed by atoms with van der Waals surface area (Å²) in [6.45, 7) is 6.27. The van der Waals surface area contributed by atoms with Gasteiger partial charge in [0, 0.05) is 11.4 Å². The third-order valence-corrected chi connectivity index (χ3v) is 10.1. The number of Topliss-reactive ketones (excluding diaryl/α,β-unsaturated/α-hetero) is 1. The number of aromatic nitrogens is 2. The van der Waals surface area contributed by atoms with Gasteiger partial charge in [-0.1, -0.05) is 54.6 Å². The number of hydrogen-bond donors (Lipinski definition) is 0. The molecule has 1 aliphatic heterocycles. The topological polar surface area (TPSA) is 78.3 Å². The maximum absolute atomic E-state index is 13.8. The zero-order chi connectivity index (χ0) is 25.7. The van der Waals surface area contributed by atoms with E-state index in [0.29, 0.717) is 17.1 Å². The summed E-state index contributed by atoms with van der Waals surface area (Å²) in [6.07, 6.45) is 6.46. The van der Waals surface area contributed by atoms with Gasteiger partial charge < -0.3 is 4.74 Å². The summed E-state index contributed by atoms with van der Waals surface area (Å²) in [5.41, 5.74) is 3.71. The fourth-order valence-electron chi connectivity index (χ4n) is 6.25. The Balaban J connectivity index is 1.35. The van der Waals surface area contributed by atoms with E-state index in [1.54, 1.807) is 15.9 Å². The number of benzene rings is 1. The van der Waals surface area contributed by atoms with Crippen molar-refractivity contribution in [1.82, 2.24) is 9.55 Å². The third-order valence-electron chi connectivity index (χ3n) is 7.96. The van der Waals surface area contributed by atoms with Crippen molar-refractivity contribution in [2.24, 2.45) is 5.92 Å². The maximum Gasteiger partial charge on any atom is 0.307 e. The molecular formula is C29H30N2O4S2. The lowest BCUT2D eigenvalue weighted by molar-refractivity contribution is -0.153. The second-order valence-electron chi connectivity index (χ2n) is 10.6. The van der Waals surface area contributed by atoms with Gasteiger partial charge in [-0.25, -0.2) is 4.98 Å². The average molecular weight is 535 g/mol. The molecule has 3 aromatic rings. The molecule has 2 fully saturated rings. The van der Waals surface area contributed by atoms with E-state index in [0.717, 1.165) is 65.8 Å². The lowest BCUT2D eigenvalue weighted by Crippen LogP contribution is -2.42. The molecule has 0 unspecified atom stereocenters. The summed E-state index contributed by atoms with van der Waals surface area (Å²) in [6, 6.07) is 8.37. The van der Waals surface area contributed by atoms with E-state index in [1.807, 2.05) is 13.0 Å². The first-order valence-electron chi connectivity index (χ1n) is 13.0. The number of ketones is 1. The van der Waals surface area contributed by atoms with Crippen LogP contribution in [0.3, 0.4) is 0 Å². The number of thioether (sulfide) groups is 1. The quantitative estimate of drug-likeness (QED) is 0.174. The molecule has 2 aromatic heterocycles. The predicted molar refractivity (Wildman–Crippen MR) is 147 cm³/mol. The van der Waals surface area contributed by atoms with Crippen LogP contribution in [0.25, 0.3) is 20.7 Å². The van der Waals surface area contributed by atoms with E-state index in [-0.39, 0.29) is 29.5 Å². The molecule has 0 amide bonds. The van der Waals surface area contributed by atoms with Gasteiger partial charge >= 0.3 is 5.97 Å². The van der Waals surface area contributed by atoms with Crippen LogP contribution < -0.4 is 5.56 Å². The number of fused-ring (bicyclic) bond motifs is 5. The number of rotatable bonds is 6. The molecule has 1 saturated carbocycles. The van der Waals surface area contributed by atoms with Crippen LogP contribution in [0, 0.1) is 5.92 Å². The molecule has 6 rings (SSSR count). The van der Waals surface area contributed by atoms with Crippen molar-refractivity contribution in [1.29, 1.82) is 0 Å². The van der Waals surface area contributed by atoms with E-state index in [2.05, 4.69) is 24.8 Å². The fraction of sp³-hybridized carbons (Fsp3) is 0.448. The van der Waals surface area contributed by atoms with Gasteiger partial charge in [0.25, 0.3) is 5.56 Å². The number of esters is 1. The first-order valence-corrected chi connectivity index (χ1v) is 14.8. The molecule has 6 nitrogen and oxygen atoms in total. The van der Waals surface area contributed by atoms with E-state index < -0.39 is 11.5 Å². The highest BCUT2D eigenvalue weighted by atomic mass is 32.2. The van der Waals surface area contributed by atoms with Crippen LogP contribution >= 0.6 is 23.1 Å². The zero-order valence-corrected chi connectivity index (χ0v) is 22.6. The van der Waals surface area contributed by atoms with Gasteiger partial charge in [0.15, 0.2) is 10.9 Å². The van der Waals surface area contributed by atoms with E-state index in [1.165, 1.54) is 22.9 Å². The molecule has 1 spiro atoms. The lowest BCUT2D eigenvalue weighted by Gasteiger charge is -2.36. The minimum absolute atomic E-state index is 0.00775. The molecule has 0 radical (unpaired) electrons. The average Bonchev–Trinajstić information content (AvgIpc) is 3.42. The van der Waals surface area contributed by atoms with Gasteiger partial charge in [-0.3, -0.25) is 19.0 Å². The molecule has 1 saturated heterocycles. The summed E-state index contributed by atoms with van der Waals surface area (Å²) in [5.74, 6) is -0.518. The standard InChI is InChI=1S/C29H30N2O4S2/c1-17(2)15-31-27(34)24-20-11-10-18-8-4-5-9-19(18)25(20)37-26(24)30-28(31)36-16-22(32)21-14-23(33)35-29(21)12-6-3-7-13-29/h4-5,8-9,21H,1,3,6-7,10-16H2,2H3/t21-/m0/s1. The largest absolute Gasteiger partial charge is 0.458 e. The van der Waals surface area contributed by atoms with Crippen molar-refractivity contribution >= 4 is 45.1 Å². The van der Waals surface area contributed by atoms with E-state index >= 15 is 0 Å². The number of allylic oxidation sites excluding steroid dienone is 1. The minimum Gasteiger partial charge on any atom is -0.458 e. The molecule has 0 bridgehead atoms. The normalized spacial score (nSPS) is 20.0. The molecule has 1 aromatic carbocycles. The van der Waals surface area contributed by atoms with E-state index in [4.69, 9.17) is 9.72 Å². The van der Waals surface area contributed by atoms with E-state index in [9.17, 15) is 14.4 Å². The number of carbonyl (C=O) groups excluding carboxylic acids is 2. The van der Waals surface area contributed by atoms with Crippen LogP contribution in [-0.2, 0) is 33.7 Å². The molecule has 0 N–H and O–H groups in total. The summed E-state index contributed by atoms with van der Waals surface area (Å²) < 4.78 is 7.42. The Kier molecular flexibility index (Phi) is 6.35. The molecule has 3 aliphatic rings. The van der Waals surface area contributed by atoms with Gasteiger partial charge in [0.1, 0.15) is 10.4 Å². The molecule has 8 heteroatoms. The van der Waals surface area contributed by atoms with Crippen molar-refractivity contribution in [2.45, 2.75) is 75.6 Å². The summed E-state index contributed by atoms with van der Waals surface area (Å²) in [7, 11) is 0. The Bertz CT molecular complexity index is 1500. The second kappa shape index (κ2) is 9.55. The van der Waals surface area contributed by atoms with Crippen LogP contribution in [0.15, 0.2) is 46.4 Å². The number of thiophene rings is 1. The smallest absolute Gasteiger partial charge is 0.307 e. The molecule has 1 atom stereocenters. The monoisotopic (exact) mass is 534 g/mol. The molecule has 2 aliphatic carbocycles. The summed E-state index contributed by atoms with van der Waals surface area (Å²) in [4.78, 5) is 46.3. The Morgan fingerprint density at radius 1 is 1.22 bits per heavy atom. The number of aryl methyl sites for hydroxylation is 2. The predicted octanol–water partition coefficient (Wildman–Crippen LogP) is 5.73. The van der Waals surface area contributed by atoms with Gasteiger partial charge in [-0.2, -0.15) is 0 Å². The Labute approximate surface area is 224 Å². The van der Waals surface area contributed by atoms with Gasteiger partial charge in [0.05, 0.1) is 23.5 Å². The van der Waals surface area contributed by atoms with Crippen LogP contribution in [-0.4, -0.2) is 32.7 Å². The number of carbonyl (C=O) groups is 2. The van der Waals surface area contributed by atoms with Crippen molar-refractivity contribution in [3.63, 3.8) is 0 Å². The highest BCUT2D eigenvalue weighted by Crippen LogP contribution is 2.45. The van der Waals surface area contributed by atoms with Gasteiger partial charge in [-0.15, -0.1) is 11.3 Å². The molecule has 3 heterocycles. The Morgan fingerprint density at radius 2 is 2.00 bits per heavy atom. The van der Waals surface area contributed by atoms with Crippen molar-refractivity contribution < 1.29 is 14.3 Å². The van der Waals surface area contributed by atoms with Crippen LogP contribution in [0.5, 0.6) is 0 Å². The molecular weight excluding hydrogens is 504 g/mol. The third kappa shape index (κ3) is 4.28. The fourth-order valence-corrected chi connectivity index (χ4v) is 8.52. The number of nitrogens with zero attached hydrogens (tertiary/aromatic N) is 2. The van der Waals surface area contributed by atoms with Crippen LogP contribution in [0.4, 0.5) is 0 Å². The number of hydrogen-bond acceptors (Lipinski definition) is 7. The highest BCUT2D eigenvalue weighted by Gasteiger charge is 2.52. The van der Waals surface area contributed by atoms with Crippen molar-refractivity contribution in [3.05, 3.63) is 57.9 Å². The first kappa shape index (κ1) is 24.6. The number of ether oxygens (including phenoxy) is 1. The first-order chi connectivity index (χ1) is 17.9. The zero-order valence-electron chi connectivity index (χ0n) is 21.0. The summed E-state index contributed by atoms with van der Waals surface area (Å²) >= 11 is 2.86. The minimum atomic E-state index is -0.637. The second-order valence-corrected chi connectivity index (χ2v) is 12.5. The van der Waals surface area contributed by atoms with Crippen molar-refractivity contribution in [2.75, 3.05) is 5.75 Å². The Hall–Kier alpha value is -2.71. The lowest BCUT2D eigenvalue weighted by atomic mass is 9.74. The van der Waals surface area contributed by atoms with Gasteiger partial charge in [-0.05, 0) is 62.1 Å². The Morgan fingerprint density at radius 3 is 2.78 bits per heavy atom.